The van der Waals surface area contributed by atoms with Gasteiger partial charge in [-0.3, -0.25) is 9.63 Å². The summed E-state index contributed by atoms with van der Waals surface area (Å²) in [6, 6.07) is 7.27. The van der Waals surface area contributed by atoms with Crippen LogP contribution < -0.4 is 5.48 Å². The van der Waals surface area contributed by atoms with Gasteiger partial charge in [0.1, 0.15) is 0 Å². The van der Waals surface area contributed by atoms with E-state index in [9.17, 15) is 9.59 Å². The van der Waals surface area contributed by atoms with Crippen LogP contribution in [0.25, 0.3) is 0 Å². The molecule has 1 amide bonds. The molecule has 2 rings (SSSR count). The lowest BCUT2D eigenvalue weighted by molar-refractivity contribution is -0.144. The van der Waals surface area contributed by atoms with Gasteiger partial charge >= 0.3 is 5.97 Å². The second-order valence-corrected chi connectivity index (χ2v) is 5.84. The fraction of sp³-hybridized carbons (Fsp3) is 0.529. The summed E-state index contributed by atoms with van der Waals surface area (Å²) >= 11 is 0. The van der Waals surface area contributed by atoms with Crippen LogP contribution in [-0.2, 0) is 20.8 Å². The molecule has 0 heterocycles. The van der Waals surface area contributed by atoms with E-state index in [0.717, 1.165) is 31.2 Å². The Morgan fingerprint density at radius 1 is 1.09 bits per heavy atom. The molecule has 0 aliphatic heterocycles. The van der Waals surface area contributed by atoms with Crippen molar-refractivity contribution in [2.45, 2.75) is 38.5 Å². The third-order valence-electron chi connectivity index (χ3n) is 4.40. The summed E-state index contributed by atoms with van der Waals surface area (Å²) in [4.78, 5) is 28.7. The first-order valence-corrected chi connectivity index (χ1v) is 7.62. The van der Waals surface area contributed by atoms with E-state index in [2.05, 4.69) is 5.48 Å². The molecule has 5 nitrogen and oxygen atoms in total. The molecule has 5 heteroatoms. The van der Waals surface area contributed by atoms with Crippen LogP contribution in [0, 0.1) is 5.41 Å². The van der Waals surface area contributed by atoms with Crippen LogP contribution in [0.1, 0.15) is 48.0 Å². The largest absolute Gasteiger partial charge is 0.465 e. The van der Waals surface area contributed by atoms with E-state index in [1.807, 2.05) is 12.1 Å². The first-order valence-electron chi connectivity index (χ1n) is 7.62. The molecule has 1 saturated carbocycles. The molecular formula is C17H23NO4. The van der Waals surface area contributed by atoms with Gasteiger partial charge in [0.2, 0.25) is 5.91 Å². The molecule has 1 fully saturated rings. The second kappa shape index (κ2) is 7.40. The van der Waals surface area contributed by atoms with Crippen LogP contribution in [0.15, 0.2) is 24.3 Å². The van der Waals surface area contributed by atoms with E-state index < -0.39 is 5.41 Å². The van der Waals surface area contributed by atoms with E-state index >= 15 is 0 Å². The van der Waals surface area contributed by atoms with Gasteiger partial charge in [0.25, 0.3) is 0 Å². The lowest BCUT2D eigenvalue weighted by Gasteiger charge is -2.35. The monoisotopic (exact) mass is 305 g/mol. The van der Waals surface area contributed by atoms with E-state index in [1.165, 1.54) is 20.6 Å². The maximum absolute atomic E-state index is 12.4. The Balaban J connectivity index is 2.16. The normalized spacial score (nSPS) is 16.8. The number of esters is 1. The molecule has 1 aromatic rings. The number of hydroxylamine groups is 1. The Morgan fingerprint density at radius 3 is 2.27 bits per heavy atom. The van der Waals surface area contributed by atoms with Crippen LogP contribution >= 0.6 is 0 Å². The van der Waals surface area contributed by atoms with Gasteiger partial charge in [0.05, 0.1) is 25.2 Å². The molecular weight excluding hydrogens is 282 g/mol. The van der Waals surface area contributed by atoms with Crippen LogP contribution in [0.4, 0.5) is 0 Å². The molecule has 1 aliphatic rings. The van der Waals surface area contributed by atoms with Crippen molar-refractivity contribution in [2.75, 3.05) is 14.2 Å². The number of benzene rings is 1. The van der Waals surface area contributed by atoms with Crippen molar-refractivity contribution in [3.8, 4) is 0 Å². The summed E-state index contributed by atoms with van der Waals surface area (Å²) in [7, 11) is 2.82. The van der Waals surface area contributed by atoms with Crippen LogP contribution in [0.3, 0.4) is 0 Å². The van der Waals surface area contributed by atoms with E-state index in [-0.39, 0.29) is 11.9 Å². The van der Waals surface area contributed by atoms with Crippen molar-refractivity contribution in [3.05, 3.63) is 35.4 Å². The third-order valence-corrected chi connectivity index (χ3v) is 4.40. The van der Waals surface area contributed by atoms with Crippen molar-refractivity contribution in [2.24, 2.45) is 5.41 Å². The molecule has 0 aromatic heterocycles. The molecule has 0 saturated heterocycles. The molecule has 0 atom stereocenters. The van der Waals surface area contributed by atoms with Crippen molar-refractivity contribution in [1.29, 1.82) is 0 Å². The van der Waals surface area contributed by atoms with Crippen LogP contribution in [0.2, 0.25) is 0 Å². The molecule has 1 N–H and O–H groups in total. The number of amides is 1. The summed E-state index contributed by atoms with van der Waals surface area (Å²) in [5.74, 6) is -0.400. The first-order chi connectivity index (χ1) is 10.6. The van der Waals surface area contributed by atoms with Crippen LogP contribution in [0.5, 0.6) is 0 Å². The SMILES string of the molecule is CONC(=O)C1(Cc2ccc(C(=O)OC)cc2)CCCCC1. The average Bonchev–Trinajstić information content (AvgIpc) is 2.56. The van der Waals surface area contributed by atoms with Crippen molar-refractivity contribution >= 4 is 11.9 Å². The average molecular weight is 305 g/mol. The van der Waals surface area contributed by atoms with Crippen LogP contribution in [-0.4, -0.2) is 26.1 Å². The highest BCUT2D eigenvalue weighted by Gasteiger charge is 2.39. The predicted octanol–water partition coefficient (Wildman–Crippen LogP) is 2.64. The summed E-state index contributed by atoms with van der Waals surface area (Å²) in [6.45, 7) is 0. The number of nitrogens with one attached hydrogen (secondary N) is 1. The number of carbonyl (C=O) groups excluding carboxylic acids is 2. The first kappa shape index (κ1) is 16.5. The molecule has 22 heavy (non-hydrogen) atoms. The van der Waals surface area contributed by atoms with Gasteiger partial charge in [0.15, 0.2) is 0 Å². The predicted molar refractivity (Wildman–Crippen MR) is 82.2 cm³/mol. The zero-order valence-corrected chi connectivity index (χ0v) is 13.2. The second-order valence-electron chi connectivity index (χ2n) is 5.84. The van der Waals surface area contributed by atoms with E-state index in [0.29, 0.717) is 12.0 Å². The maximum atomic E-state index is 12.4. The Morgan fingerprint density at radius 2 is 1.73 bits per heavy atom. The summed E-state index contributed by atoms with van der Waals surface area (Å²) in [5.41, 5.74) is 3.65. The molecule has 0 bridgehead atoms. The van der Waals surface area contributed by atoms with Crippen molar-refractivity contribution in [1.82, 2.24) is 5.48 Å². The minimum atomic E-state index is -0.416. The molecule has 1 aliphatic carbocycles. The van der Waals surface area contributed by atoms with Gasteiger partial charge < -0.3 is 4.74 Å². The number of methoxy groups -OCH3 is 1. The number of hydrogen-bond acceptors (Lipinski definition) is 4. The Labute approximate surface area is 130 Å². The van der Waals surface area contributed by atoms with Gasteiger partial charge in [0, 0.05) is 0 Å². The number of rotatable bonds is 5. The number of hydrogen-bond donors (Lipinski definition) is 1. The zero-order valence-electron chi connectivity index (χ0n) is 13.2. The number of carbonyl (C=O) groups is 2. The highest BCUT2D eigenvalue weighted by Crippen LogP contribution is 2.39. The summed E-state index contributed by atoms with van der Waals surface area (Å²) in [6.07, 6.45) is 5.66. The Hall–Kier alpha value is -1.88. The minimum Gasteiger partial charge on any atom is -0.465 e. The fourth-order valence-electron chi connectivity index (χ4n) is 3.18. The summed E-state index contributed by atoms with van der Waals surface area (Å²) < 4.78 is 4.70. The maximum Gasteiger partial charge on any atom is 0.337 e. The van der Waals surface area contributed by atoms with E-state index in [4.69, 9.17) is 9.57 Å². The standard InChI is InChI=1S/C17H23NO4/c1-21-15(19)14-8-6-13(7-9-14)12-17(16(20)18-22-2)10-4-3-5-11-17/h6-9H,3-5,10-12H2,1-2H3,(H,18,20). The van der Waals surface area contributed by atoms with Gasteiger partial charge in [-0.1, -0.05) is 31.4 Å². The topological polar surface area (TPSA) is 64.6 Å². The molecule has 0 spiro atoms. The molecule has 120 valence electrons. The lowest BCUT2D eigenvalue weighted by atomic mass is 9.70. The van der Waals surface area contributed by atoms with Gasteiger partial charge in [-0.2, -0.15) is 0 Å². The van der Waals surface area contributed by atoms with E-state index in [1.54, 1.807) is 12.1 Å². The fourth-order valence-corrected chi connectivity index (χ4v) is 3.18. The lowest BCUT2D eigenvalue weighted by Crippen LogP contribution is -2.43. The Bertz CT molecular complexity index is 518. The summed E-state index contributed by atoms with van der Waals surface area (Å²) in [5, 5.41) is 0. The van der Waals surface area contributed by atoms with Crippen molar-refractivity contribution in [3.63, 3.8) is 0 Å². The molecule has 0 unspecified atom stereocenters. The molecule has 0 radical (unpaired) electrons. The highest BCUT2D eigenvalue weighted by molar-refractivity contribution is 5.89. The smallest absolute Gasteiger partial charge is 0.337 e. The number of ether oxygens (including phenoxy) is 1. The highest BCUT2D eigenvalue weighted by atomic mass is 16.6. The van der Waals surface area contributed by atoms with Crippen molar-refractivity contribution < 1.29 is 19.2 Å². The van der Waals surface area contributed by atoms with Gasteiger partial charge in [-0.05, 0) is 37.0 Å². The third kappa shape index (κ3) is 3.65. The zero-order chi connectivity index (χ0) is 16.0. The van der Waals surface area contributed by atoms with Gasteiger partial charge in [-0.15, -0.1) is 0 Å². The Kier molecular flexibility index (Phi) is 5.55. The minimum absolute atomic E-state index is 0.0493. The quantitative estimate of drug-likeness (QED) is 0.671. The molecule has 1 aromatic carbocycles. The van der Waals surface area contributed by atoms with Gasteiger partial charge in [-0.25, -0.2) is 10.3 Å².